The number of benzene rings is 1. The number of hydrogen-bond donors (Lipinski definition) is 3. The highest BCUT2D eigenvalue weighted by Crippen LogP contribution is 2.15. The molecule has 0 bridgehead atoms. The Balaban J connectivity index is 2.56. The first kappa shape index (κ1) is 20.9. The largest absolute Gasteiger partial charge is 0.494 e. The Hall–Kier alpha value is -2.13. The van der Waals surface area contributed by atoms with Gasteiger partial charge in [-0.2, -0.15) is 0 Å². The van der Waals surface area contributed by atoms with E-state index in [9.17, 15) is 18.0 Å². The van der Waals surface area contributed by atoms with Crippen LogP contribution in [0.15, 0.2) is 29.2 Å². The minimum atomic E-state index is -3.75. The molecule has 0 aliphatic carbocycles. The van der Waals surface area contributed by atoms with Gasteiger partial charge < -0.3 is 15.2 Å². The average Bonchev–Trinajstić information content (AvgIpc) is 2.52. The van der Waals surface area contributed by atoms with Crippen molar-refractivity contribution in [3.05, 3.63) is 24.3 Å². The van der Waals surface area contributed by atoms with Crippen molar-refractivity contribution < 1.29 is 27.9 Å². The molecule has 3 N–H and O–H groups in total. The summed E-state index contributed by atoms with van der Waals surface area (Å²) < 4.78 is 31.8. The van der Waals surface area contributed by atoms with E-state index in [2.05, 4.69) is 10.0 Å². The quantitative estimate of drug-likeness (QED) is 0.563. The molecule has 0 aliphatic rings. The second kappa shape index (κ2) is 9.38. The van der Waals surface area contributed by atoms with Crippen molar-refractivity contribution >= 4 is 21.9 Å². The van der Waals surface area contributed by atoms with Crippen LogP contribution in [-0.4, -0.2) is 44.6 Å². The molecule has 0 unspecified atom stereocenters. The number of sulfonamides is 1. The summed E-state index contributed by atoms with van der Waals surface area (Å²) in [5, 5.41) is 11.4. The van der Waals surface area contributed by atoms with Gasteiger partial charge in [-0.25, -0.2) is 17.9 Å². The zero-order valence-electron chi connectivity index (χ0n) is 14.5. The highest BCUT2D eigenvalue weighted by atomic mass is 32.2. The Morgan fingerprint density at radius 2 is 1.80 bits per heavy atom. The molecule has 1 amide bonds. The molecule has 8 nitrogen and oxygen atoms in total. The third-order valence-electron chi connectivity index (χ3n) is 3.34. The van der Waals surface area contributed by atoms with Crippen LogP contribution in [0.3, 0.4) is 0 Å². The second-order valence-electron chi connectivity index (χ2n) is 5.68. The highest BCUT2D eigenvalue weighted by molar-refractivity contribution is 7.89. The number of carboxylic acids is 1. The second-order valence-corrected chi connectivity index (χ2v) is 7.45. The van der Waals surface area contributed by atoms with E-state index in [0.717, 1.165) is 0 Å². The molecule has 0 saturated heterocycles. The summed E-state index contributed by atoms with van der Waals surface area (Å²) in [7, 11) is -3.75. The maximum Gasteiger partial charge on any atom is 0.326 e. The van der Waals surface area contributed by atoms with Crippen molar-refractivity contribution in [2.75, 3.05) is 13.2 Å². The molecule has 0 heterocycles. The number of carbonyl (C=O) groups is 2. The number of carbonyl (C=O) groups excluding carboxylic acids is 1. The lowest BCUT2D eigenvalue weighted by Gasteiger charge is -2.17. The van der Waals surface area contributed by atoms with Gasteiger partial charge >= 0.3 is 5.97 Å². The lowest BCUT2D eigenvalue weighted by molar-refractivity contribution is -0.143. The maximum absolute atomic E-state index is 12.1. The van der Waals surface area contributed by atoms with Crippen LogP contribution >= 0.6 is 0 Å². The third kappa shape index (κ3) is 6.71. The van der Waals surface area contributed by atoms with Gasteiger partial charge in [0.15, 0.2) is 0 Å². The number of carboxylic acid groups (broad SMARTS) is 1. The van der Waals surface area contributed by atoms with Gasteiger partial charge in [-0.1, -0.05) is 13.8 Å². The molecule has 9 heteroatoms. The van der Waals surface area contributed by atoms with Crippen LogP contribution in [0.25, 0.3) is 0 Å². The summed E-state index contributed by atoms with van der Waals surface area (Å²) in [5.74, 6) is -1.37. The number of rotatable bonds is 10. The number of nitrogens with one attached hydrogen (secondary N) is 2. The third-order valence-corrected chi connectivity index (χ3v) is 4.82. The fraction of sp³-hybridized carbons (Fsp3) is 0.500. The molecule has 0 fully saturated rings. The van der Waals surface area contributed by atoms with E-state index in [1.54, 1.807) is 26.0 Å². The molecule has 0 radical (unpaired) electrons. The highest BCUT2D eigenvalue weighted by Gasteiger charge is 2.23. The van der Waals surface area contributed by atoms with Gasteiger partial charge in [0.05, 0.1) is 11.5 Å². The first-order valence-corrected chi connectivity index (χ1v) is 9.40. The minimum absolute atomic E-state index is 0.0574. The van der Waals surface area contributed by atoms with Crippen molar-refractivity contribution in [1.29, 1.82) is 0 Å². The Morgan fingerprint density at radius 1 is 1.20 bits per heavy atom. The van der Waals surface area contributed by atoms with Crippen LogP contribution in [0.2, 0.25) is 0 Å². The summed E-state index contributed by atoms with van der Waals surface area (Å²) in [6.45, 7) is 5.52. The lowest BCUT2D eigenvalue weighted by atomic mass is 10.0. The van der Waals surface area contributed by atoms with Crippen LogP contribution in [-0.2, 0) is 19.6 Å². The van der Waals surface area contributed by atoms with Gasteiger partial charge in [-0.05, 0) is 37.1 Å². The van der Waals surface area contributed by atoms with Crippen LogP contribution in [0.4, 0.5) is 0 Å². The summed E-state index contributed by atoms with van der Waals surface area (Å²) in [6, 6.07) is 4.91. The zero-order chi connectivity index (χ0) is 19.0. The van der Waals surface area contributed by atoms with Crippen molar-refractivity contribution in [2.45, 2.75) is 38.1 Å². The Morgan fingerprint density at radius 3 is 2.28 bits per heavy atom. The van der Waals surface area contributed by atoms with Crippen molar-refractivity contribution in [3.63, 3.8) is 0 Å². The number of hydrogen-bond acceptors (Lipinski definition) is 5. The summed E-state index contributed by atoms with van der Waals surface area (Å²) in [4.78, 5) is 22.9. The van der Waals surface area contributed by atoms with E-state index < -0.39 is 27.9 Å². The molecule has 25 heavy (non-hydrogen) atoms. The first-order valence-electron chi connectivity index (χ1n) is 7.92. The Kier molecular flexibility index (Phi) is 7.85. The normalized spacial score (nSPS) is 12.6. The van der Waals surface area contributed by atoms with Gasteiger partial charge in [-0.3, -0.25) is 4.79 Å². The topological polar surface area (TPSA) is 122 Å². The van der Waals surface area contributed by atoms with E-state index in [1.165, 1.54) is 12.1 Å². The van der Waals surface area contributed by atoms with Gasteiger partial charge in [0, 0.05) is 13.0 Å². The maximum atomic E-state index is 12.1. The van der Waals surface area contributed by atoms with Crippen LogP contribution < -0.4 is 14.8 Å². The molecule has 1 aromatic rings. The summed E-state index contributed by atoms with van der Waals surface area (Å²) >= 11 is 0. The summed E-state index contributed by atoms with van der Waals surface area (Å²) in [5.41, 5.74) is 0. The van der Waals surface area contributed by atoms with Crippen LogP contribution in [0.1, 0.15) is 27.2 Å². The van der Waals surface area contributed by atoms with Crippen molar-refractivity contribution in [3.8, 4) is 5.75 Å². The number of amides is 1. The Labute approximate surface area is 147 Å². The predicted molar refractivity (Wildman–Crippen MR) is 91.8 cm³/mol. The molecule has 1 aromatic carbocycles. The van der Waals surface area contributed by atoms with Crippen molar-refractivity contribution in [2.24, 2.45) is 5.92 Å². The monoisotopic (exact) mass is 372 g/mol. The standard InChI is InChI=1S/C16H24N2O6S/c1-4-24-12-5-7-13(8-6-12)25(22,23)17-10-9-14(19)18-15(11(2)3)16(20)21/h5-8,11,15,17H,4,9-10H2,1-3H3,(H,18,19)(H,20,21)/t15-/m0/s1. The molecular weight excluding hydrogens is 348 g/mol. The minimum Gasteiger partial charge on any atom is -0.494 e. The Bertz CT molecular complexity index is 685. The molecule has 0 saturated carbocycles. The zero-order valence-corrected chi connectivity index (χ0v) is 15.3. The molecule has 0 aromatic heterocycles. The van der Waals surface area contributed by atoms with Crippen molar-refractivity contribution in [1.82, 2.24) is 10.0 Å². The predicted octanol–water partition coefficient (Wildman–Crippen LogP) is 0.979. The van der Waals surface area contributed by atoms with Gasteiger partial charge in [0.1, 0.15) is 11.8 Å². The van der Waals surface area contributed by atoms with Gasteiger partial charge in [0.25, 0.3) is 0 Å². The SMILES string of the molecule is CCOc1ccc(S(=O)(=O)NCCC(=O)N[C@H](C(=O)O)C(C)C)cc1. The fourth-order valence-electron chi connectivity index (χ4n) is 2.02. The summed E-state index contributed by atoms with van der Waals surface area (Å²) in [6.07, 6.45) is -0.160. The van der Waals surface area contributed by atoms with E-state index in [-0.39, 0.29) is 23.8 Å². The van der Waals surface area contributed by atoms with E-state index >= 15 is 0 Å². The molecule has 0 spiro atoms. The van der Waals surface area contributed by atoms with E-state index in [1.807, 2.05) is 6.92 Å². The van der Waals surface area contributed by atoms with E-state index in [4.69, 9.17) is 9.84 Å². The smallest absolute Gasteiger partial charge is 0.326 e. The van der Waals surface area contributed by atoms with Crippen LogP contribution in [0.5, 0.6) is 5.75 Å². The lowest BCUT2D eigenvalue weighted by Crippen LogP contribution is -2.45. The molecule has 1 atom stereocenters. The molecule has 140 valence electrons. The number of aliphatic carboxylic acids is 1. The van der Waals surface area contributed by atoms with E-state index in [0.29, 0.717) is 12.4 Å². The van der Waals surface area contributed by atoms with Gasteiger partial charge in [0.2, 0.25) is 15.9 Å². The first-order chi connectivity index (χ1) is 11.7. The number of ether oxygens (including phenoxy) is 1. The average molecular weight is 372 g/mol. The van der Waals surface area contributed by atoms with Gasteiger partial charge in [-0.15, -0.1) is 0 Å². The van der Waals surface area contributed by atoms with Crippen LogP contribution in [0, 0.1) is 5.92 Å². The molecular formula is C16H24N2O6S. The fourth-order valence-corrected chi connectivity index (χ4v) is 3.05. The molecule has 0 aliphatic heterocycles. The molecule has 1 rings (SSSR count).